The predicted octanol–water partition coefficient (Wildman–Crippen LogP) is 3.88. The summed E-state index contributed by atoms with van der Waals surface area (Å²) in [5.74, 6) is 0.413. The van der Waals surface area contributed by atoms with Gasteiger partial charge >= 0.3 is 0 Å². The molecule has 0 fully saturated rings. The number of ether oxygens (including phenoxy) is 1. The van der Waals surface area contributed by atoms with Crippen LogP contribution in [0.5, 0.6) is 5.75 Å². The topological polar surface area (TPSA) is 81.5 Å². The molecule has 3 rings (SSSR count). The first-order chi connectivity index (χ1) is 12.1. The first-order valence-corrected chi connectivity index (χ1v) is 8.41. The number of hydrogen-bond donors (Lipinski definition) is 1. The fourth-order valence-electron chi connectivity index (χ4n) is 3.04. The lowest BCUT2D eigenvalue weighted by Gasteiger charge is -2.19. The highest BCUT2D eigenvalue weighted by atomic mass is 16.6. The van der Waals surface area contributed by atoms with E-state index in [9.17, 15) is 14.9 Å². The van der Waals surface area contributed by atoms with E-state index in [-0.39, 0.29) is 24.6 Å². The molecule has 0 aliphatic heterocycles. The summed E-state index contributed by atoms with van der Waals surface area (Å²) in [7, 11) is 0. The van der Waals surface area contributed by atoms with Gasteiger partial charge in [-0.3, -0.25) is 14.9 Å². The lowest BCUT2D eigenvalue weighted by Crippen LogP contribution is -2.17. The van der Waals surface area contributed by atoms with Gasteiger partial charge in [0, 0.05) is 17.8 Å². The fraction of sp³-hybridized carbons (Fsp3) is 0.316. The molecule has 1 N–H and O–H groups in total. The van der Waals surface area contributed by atoms with E-state index in [0.717, 1.165) is 24.9 Å². The average molecular weight is 340 g/mol. The minimum Gasteiger partial charge on any atom is -0.493 e. The summed E-state index contributed by atoms with van der Waals surface area (Å²) in [4.78, 5) is 22.3. The largest absolute Gasteiger partial charge is 0.493 e. The zero-order valence-corrected chi connectivity index (χ0v) is 13.9. The van der Waals surface area contributed by atoms with Crippen molar-refractivity contribution >= 4 is 17.3 Å². The van der Waals surface area contributed by atoms with Crippen LogP contribution in [0.15, 0.2) is 42.5 Å². The van der Waals surface area contributed by atoms with E-state index in [1.807, 2.05) is 12.1 Å². The molecule has 6 nitrogen and oxygen atoms in total. The van der Waals surface area contributed by atoms with Crippen LogP contribution >= 0.6 is 0 Å². The van der Waals surface area contributed by atoms with Crippen LogP contribution < -0.4 is 10.1 Å². The van der Waals surface area contributed by atoms with Crippen LogP contribution in [0.3, 0.4) is 0 Å². The van der Waals surface area contributed by atoms with Gasteiger partial charge in [0.15, 0.2) is 0 Å². The maximum absolute atomic E-state index is 12.2. The quantitative estimate of drug-likeness (QED) is 0.639. The van der Waals surface area contributed by atoms with Gasteiger partial charge in [0.25, 0.3) is 5.69 Å². The number of anilines is 1. The molecule has 0 saturated heterocycles. The molecule has 0 spiro atoms. The van der Waals surface area contributed by atoms with E-state index in [2.05, 4.69) is 11.4 Å². The molecule has 0 saturated carbocycles. The number of carbonyl (C=O) groups excluding carboxylic acids is 1. The summed E-state index contributed by atoms with van der Waals surface area (Å²) >= 11 is 0. The lowest BCUT2D eigenvalue weighted by atomic mass is 9.90. The number of nitro groups is 1. The second kappa shape index (κ2) is 7.79. The van der Waals surface area contributed by atoms with Crippen molar-refractivity contribution in [3.05, 3.63) is 63.7 Å². The first-order valence-electron chi connectivity index (χ1n) is 8.41. The van der Waals surface area contributed by atoms with E-state index in [0.29, 0.717) is 5.75 Å². The molecule has 130 valence electrons. The van der Waals surface area contributed by atoms with Crippen LogP contribution in [-0.4, -0.2) is 17.4 Å². The maximum atomic E-state index is 12.2. The SMILES string of the molecule is O=C(CCOc1ccc([N+](=O)[O-])cc1)Nc1cccc2c1CCCC2. The van der Waals surface area contributed by atoms with Crippen molar-refractivity contribution in [2.24, 2.45) is 0 Å². The number of non-ortho nitro benzene ring substituents is 1. The van der Waals surface area contributed by atoms with Crippen molar-refractivity contribution < 1.29 is 14.5 Å². The molecule has 0 atom stereocenters. The number of hydrogen-bond acceptors (Lipinski definition) is 4. The normalized spacial score (nSPS) is 13.0. The Morgan fingerprint density at radius 3 is 2.64 bits per heavy atom. The monoisotopic (exact) mass is 340 g/mol. The summed E-state index contributed by atoms with van der Waals surface area (Å²) < 4.78 is 5.48. The van der Waals surface area contributed by atoms with Crippen molar-refractivity contribution in [2.45, 2.75) is 32.1 Å². The van der Waals surface area contributed by atoms with Crippen molar-refractivity contribution in [2.75, 3.05) is 11.9 Å². The summed E-state index contributed by atoms with van der Waals surface area (Å²) in [6.45, 7) is 0.221. The van der Waals surface area contributed by atoms with E-state index >= 15 is 0 Å². The second-order valence-electron chi connectivity index (χ2n) is 6.05. The van der Waals surface area contributed by atoms with E-state index in [1.165, 1.54) is 41.8 Å². The Morgan fingerprint density at radius 2 is 1.88 bits per heavy atom. The van der Waals surface area contributed by atoms with Crippen LogP contribution in [0.1, 0.15) is 30.4 Å². The summed E-state index contributed by atoms with van der Waals surface area (Å²) in [5.41, 5.74) is 3.49. The van der Waals surface area contributed by atoms with Gasteiger partial charge in [-0.05, 0) is 55.0 Å². The molecular weight excluding hydrogens is 320 g/mol. The van der Waals surface area contributed by atoms with Gasteiger partial charge in [-0.2, -0.15) is 0 Å². The van der Waals surface area contributed by atoms with Gasteiger partial charge in [0.1, 0.15) is 5.75 Å². The van der Waals surface area contributed by atoms with E-state index in [4.69, 9.17) is 4.74 Å². The number of aryl methyl sites for hydroxylation is 1. The molecule has 0 radical (unpaired) electrons. The molecule has 2 aromatic carbocycles. The highest BCUT2D eigenvalue weighted by Crippen LogP contribution is 2.28. The Labute approximate surface area is 146 Å². The molecule has 1 amide bonds. The number of nitrogens with one attached hydrogen (secondary N) is 1. The van der Waals surface area contributed by atoms with E-state index < -0.39 is 4.92 Å². The number of fused-ring (bicyclic) bond motifs is 1. The minimum absolute atomic E-state index is 0.0129. The average Bonchev–Trinajstić information content (AvgIpc) is 2.62. The van der Waals surface area contributed by atoms with Gasteiger partial charge < -0.3 is 10.1 Å². The zero-order chi connectivity index (χ0) is 17.6. The maximum Gasteiger partial charge on any atom is 0.269 e. The number of benzene rings is 2. The Balaban J connectivity index is 1.51. The minimum atomic E-state index is -0.461. The van der Waals surface area contributed by atoms with Gasteiger partial charge in [-0.15, -0.1) is 0 Å². The molecule has 25 heavy (non-hydrogen) atoms. The third-order valence-electron chi connectivity index (χ3n) is 4.32. The molecule has 0 unspecified atom stereocenters. The third kappa shape index (κ3) is 4.35. The number of nitro benzene ring substituents is 1. The molecule has 0 heterocycles. The number of nitrogens with zero attached hydrogens (tertiary/aromatic N) is 1. The Hall–Kier alpha value is -2.89. The van der Waals surface area contributed by atoms with Crippen LogP contribution in [0.2, 0.25) is 0 Å². The van der Waals surface area contributed by atoms with Crippen molar-refractivity contribution in [3.63, 3.8) is 0 Å². The molecular formula is C19H20N2O4. The van der Waals surface area contributed by atoms with Crippen LogP contribution in [0, 0.1) is 10.1 Å². The van der Waals surface area contributed by atoms with Crippen LogP contribution in [0.4, 0.5) is 11.4 Å². The summed E-state index contributed by atoms with van der Waals surface area (Å²) in [6.07, 6.45) is 4.66. The number of amides is 1. The van der Waals surface area contributed by atoms with E-state index in [1.54, 1.807) is 0 Å². The van der Waals surface area contributed by atoms with Crippen LogP contribution in [0.25, 0.3) is 0 Å². The zero-order valence-electron chi connectivity index (χ0n) is 13.9. The fourth-order valence-corrected chi connectivity index (χ4v) is 3.04. The van der Waals surface area contributed by atoms with Gasteiger partial charge in [-0.1, -0.05) is 12.1 Å². The number of rotatable bonds is 6. The smallest absolute Gasteiger partial charge is 0.269 e. The lowest BCUT2D eigenvalue weighted by molar-refractivity contribution is -0.384. The highest BCUT2D eigenvalue weighted by molar-refractivity contribution is 5.91. The molecule has 1 aliphatic rings. The van der Waals surface area contributed by atoms with Gasteiger partial charge in [-0.25, -0.2) is 0 Å². The molecule has 0 bridgehead atoms. The standard InChI is InChI=1S/C19H20N2O4/c22-19(12-13-25-16-10-8-15(9-11-16)21(23)24)20-18-7-3-5-14-4-1-2-6-17(14)18/h3,5,7-11H,1-2,4,6,12-13H2,(H,20,22). The second-order valence-corrected chi connectivity index (χ2v) is 6.05. The van der Waals surface area contributed by atoms with Gasteiger partial charge in [0.2, 0.25) is 5.91 Å². The number of carbonyl (C=O) groups is 1. The Morgan fingerprint density at radius 1 is 1.12 bits per heavy atom. The van der Waals surface area contributed by atoms with Crippen molar-refractivity contribution in [3.8, 4) is 5.75 Å². The van der Waals surface area contributed by atoms with Gasteiger partial charge in [0.05, 0.1) is 18.0 Å². The van der Waals surface area contributed by atoms with Crippen molar-refractivity contribution in [1.82, 2.24) is 0 Å². The Kier molecular flexibility index (Phi) is 5.28. The highest BCUT2D eigenvalue weighted by Gasteiger charge is 2.14. The first kappa shape index (κ1) is 17.0. The molecule has 6 heteroatoms. The molecule has 0 aromatic heterocycles. The van der Waals surface area contributed by atoms with Crippen molar-refractivity contribution in [1.29, 1.82) is 0 Å². The Bertz CT molecular complexity index is 771. The summed E-state index contributed by atoms with van der Waals surface area (Å²) in [5, 5.41) is 13.6. The summed E-state index contributed by atoms with van der Waals surface area (Å²) in [6, 6.07) is 11.9. The third-order valence-corrected chi connectivity index (χ3v) is 4.32. The van der Waals surface area contributed by atoms with Crippen LogP contribution in [-0.2, 0) is 17.6 Å². The predicted molar refractivity (Wildman–Crippen MR) is 94.9 cm³/mol. The molecule has 1 aliphatic carbocycles. The molecule has 2 aromatic rings.